The van der Waals surface area contributed by atoms with Crippen LogP contribution in [0.3, 0.4) is 0 Å². The fourth-order valence-corrected chi connectivity index (χ4v) is 7.40. The van der Waals surface area contributed by atoms with E-state index in [0.29, 0.717) is 70.7 Å². The molecule has 16 nitrogen and oxygen atoms in total. The third-order valence-electron chi connectivity index (χ3n) is 10.2. The summed E-state index contributed by atoms with van der Waals surface area (Å²) in [6, 6.07) is 18.8. The predicted molar refractivity (Wildman–Crippen MR) is 231 cm³/mol. The van der Waals surface area contributed by atoms with E-state index in [-0.39, 0.29) is 24.9 Å². The van der Waals surface area contributed by atoms with Crippen LogP contribution in [0, 0.1) is 0 Å². The first-order chi connectivity index (χ1) is 28.5. The van der Waals surface area contributed by atoms with E-state index >= 15 is 0 Å². The van der Waals surface area contributed by atoms with Crippen molar-refractivity contribution in [2.24, 2.45) is 0 Å². The number of fused-ring (bicyclic) bond motifs is 2. The molecule has 308 valence electrons. The van der Waals surface area contributed by atoms with Crippen molar-refractivity contribution in [3.8, 4) is 11.5 Å². The Morgan fingerprint density at radius 2 is 1.15 bits per heavy atom. The fraction of sp³-hybridized carbons (Fsp3) is 0.317. The summed E-state index contributed by atoms with van der Waals surface area (Å²) in [5, 5.41) is 14.7. The second-order valence-corrected chi connectivity index (χ2v) is 15.0. The number of carbonyl (C=O) groups is 2. The smallest absolute Gasteiger partial charge is 0.244 e. The Hall–Kier alpha value is -6.26. The number of amides is 2. The summed E-state index contributed by atoms with van der Waals surface area (Å²) in [6.45, 7) is 11.5. The Bertz CT molecular complexity index is 2470. The number of hydrogen-bond acceptors (Lipinski definition) is 12. The quantitative estimate of drug-likeness (QED) is 0.181. The van der Waals surface area contributed by atoms with Crippen molar-refractivity contribution in [1.29, 1.82) is 0 Å². The van der Waals surface area contributed by atoms with Crippen molar-refractivity contribution >= 4 is 80.1 Å². The molecule has 6 heterocycles. The van der Waals surface area contributed by atoms with E-state index in [0.717, 1.165) is 54.0 Å². The van der Waals surface area contributed by atoms with Crippen LogP contribution in [0.4, 0.5) is 23.0 Å². The monoisotopic (exact) mass is 840 g/mol. The molecule has 6 aromatic rings. The number of rotatable bonds is 10. The normalized spacial score (nSPS) is 14.3. The maximum atomic E-state index is 12.9. The van der Waals surface area contributed by atoms with Gasteiger partial charge in [-0.2, -0.15) is 10.2 Å². The zero-order valence-electron chi connectivity index (χ0n) is 33.1. The van der Waals surface area contributed by atoms with Crippen molar-refractivity contribution in [1.82, 2.24) is 39.3 Å². The first-order valence-corrected chi connectivity index (χ1v) is 19.8. The molecule has 2 aliphatic heterocycles. The van der Waals surface area contributed by atoms with E-state index in [2.05, 4.69) is 41.9 Å². The number of nitrogen functional groups attached to an aromatic ring is 1. The van der Waals surface area contributed by atoms with E-state index in [1.807, 2.05) is 71.3 Å². The van der Waals surface area contributed by atoms with Gasteiger partial charge in [0, 0.05) is 92.3 Å². The first kappa shape index (κ1) is 40.9. The highest BCUT2D eigenvalue weighted by Crippen LogP contribution is 2.31. The number of nitrogens with two attached hydrogens (primary N) is 1. The Balaban J connectivity index is 0.000000180. The number of benzene rings is 2. The molecule has 2 fully saturated rings. The SMILES string of the molecule is C=C(C)Nc1ccc2cnn(CC(=O)N3CCN(c4ccc(Cl)c(OC)c4)CC3)c2n1.COc1cc(N2CCN(C(=O)Cn3ncc4ccc(N)nc43)CC2)ccc1Cl. The molecule has 2 aliphatic rings. The molecule has 18 heteroatoms. The van der Waals surface area contributed by atoms with E-state index < -0.39 is 0 Å². The van der Waals surface area contributed by atoms with Crippen LogP contribution in [0.25, 0.3) is 22.1 Å². The number of aromatic nitrogens is 6. The minimum atomic E-state index is 0.0163. The third-order valence-corrected chi connectivity index (χ3v) is 10.8. The molecular weight excluding hydrogens is 795 g/mol. The third kappa shape index (κ3) is 9.56. The predicted octanol–water partition coefficient (Wildman–Crippen LogP) is 5.41. The van der Waals surface area contributed by atoms with E-state index in [4.69, 9.17) is 38.4 Å². The summed E-state index contributed by atoms with van der Waals surface area (Å²) in [7, 11) is 3.20. The second-order valence-electron chi connectivity index (χ2n) is 14.1. The minimum absolute atomic E-state index is 0.0163. The number of anilines is 4. The van der Waals surface area contributed by atoms with Crippen LogP contribution < -0.4 is 30.3 Å². The average Bonchev–Trinajstić information content (AvgIpc) is 3.83. The van der Waals surface area contributed by atoms with Crippen molar-refractivity contribution in [2.75, 3.05) is 87.4 Å². The first-order valence-electron chi connectivity index (χ1n) is 19.0. The van der Waals surface area contributed by atoms with Crippen LogP contribution in [-0.2, 0) is 22.7 Å². The van der Waals surface area contributed by atoms with Crippen LogP contribution in [0.15, 0.2) is 85.3 Å². The second kappa shape index (κ2) is 18.1. The molecule has 0 unspecified atom stereocenters. The topological polar surface area (TPSA) is 165 Å². The van der Waals surface area contributed by atoms with Gasteiger partial charge in [-0.25, -0.2) is 19.3 Å². The van der Waals surface area contributed by atoms with Gasteiger partial charge < -0.3 is 40.1 Å². The van der Waals surface area contributed by atoms with Crippen LogP contribution in [-0.4, -0.2) is 118 Å². The molecule has 0 saturated carbocycles. The van der Waals surface area contributed by atoms with Gasteiger partial charge in [0.1, 0.15) is 36.2 Å². The lowest BCUT2D eigenvalue weighted by Crippen LogP contribution is -2.49. The number of pyridine rings is 2. The number of carbonyl (C=O) groups excluding carboxylic acids is 2. The molecule has 3 N–H and O–H groups in total. The maximum absolute atomic E-state index is 12.9. The molecule has 2 aromatic carbocycles. The van der Waals surface area contributed by atoms with Gasteiger partial charge in [-0.3, -0.25) is 9.59 Å². The lowest BCUT2D eigenvalue weighted by molar-refractivity contribution is -0.133. The molecule has 0 spiro atoms. The molecule has 0 radical (unpaired) electrons. The number of nitrogens with zero attached hydrogens (tertiary/aromatic N) is 10. The number of ether oxygens (including phenoxy) is 2. The Labute approximate surface area is 351 Å². The highest BCUT2D eigenvalue weighted by molar-refractivity contribution is 6.32. The summed E-state index contributed by atoms with van der Waals surface area (Å²) < 4.78 is 13.9. The molecule has 2 saturated heterocycles. The summed E-state index contributed by atoms with van der Waals surface area (Å²) in [5.41, 5.74) is 9.92. The Kier molecular flexibility index (Phi) is 12.6. The van der Waals surface area contributed by atoms with Gasteiger partial charge in [0.2, 0.25) is 11.8 Å². The summed E-state index contributed by atoms with van der Waals surface area (Å²) in [5.74, 6) is 2.43. The summed E-state index contributed by atoms with van der Waals surface area (Å²) in [6.07, 6.45) is 3.42. The highest BCUT2D eigenvalue weighted by Gasteiger charge is 2.25. The number of piperazine rings is 2. The van der Waals surface area contributed by atoms with Crippen molar-refractivity contribution in [2.45, 2.75) is 20.0 Å². The number of hydrogen-bond donors (Lipinski definition) is 2. The molecular formula is C41H46Cl2N12O4. The molecule has 0 atom stereocenters. The molecule has 0 aliphatic carbocycles. The Morgan fingerprint density at radius 1 is 0.695 bits per heavy atom. The molecule has 8 rings (SSSR count). The standard InChI is InChI=1S/C22H25ClN6O2.C19H21ClN6O2/c1-15(2)25-20-7-4-16-13-24-29(22(16)26-20)14-21(30)28-10-8-27(9-11-28)17-5-6-18(23)19(12-17)31-3;1-28-16-10-14(3-4-15(16)20)24-6-8-25(9-7-24)18(27)12-26-19-13(11-22-26)2-5-17(21)23-19/h4-7,12-13H,1,8-11,14H2,2-3H3,(H,25,26);2-5,10-11H,6-9,12H2,1H3,(H2,21,23). The minimum Gasteiger partial charge on any atom is -0.495 e. The van der Waals surface area contributed by atoms with E-state index in [9.17, 15) is 9.59 Å². The van der Waals surface area contributed by atoms with Gasteiger partial charge in [0.05, 0.1) is 36.7 Å². The van der Waals surface area contributed by atoms with Gasteiger partial charge in [-0.15, -0.1) is 0 Å². The lowest BCUT2D eigenvalue weighted by atomic mass is 10.2. The average molecular weight is 842 g/mol. The van der Waals surface area contributed by atoms with Gasteiger partial charge in [0.15, 0.2) is 11.3 Å². The molecule has 4 aromatic heterocycles. The van der Waals surface area contributed by atoms with Gasteiger partial charge in [0.25, 0.3) is 0 Å². The fourth-order valence-electron chi connectivity index (χ4n) is 7.02. The van der Waals surface area contributed by atoms with Crippen LogP contribution in [0.2, 0.25) is 10.0 Å². The molecule has 2 amide bonds. The number of allylic oxidation sites excluding steroid dienone is 1. The zero-order chi connectivity index (χ0) is 41.6. The number of halogens is 2. The molecule has 0 bridgehead atoms. The lowest BCUT2D eigenvalue weighted by Gasteiger charge is -2.36. The van der Waals surface area contributed by atoms with Crippen LogP contribution >= 0.6 is 23.2 Å². The van der Waals surface area contributed by atoms with Crippen molar-refractivity contribution in [3.63, 3.8) is 0 Å². The maximum Gasteiger partial charge on any atom is 0.244 e. The summed E-state index contributed by atoms with van der Waals surface area (Å²) >= 11 is 12.2. The van der Waals surface area contributed by atoms with Crippen molar-refractivity contribution in [3.05, 3.63) is 95.4 Å². The van der Waals surface area contributed by atoms with Crippen LogP contribution in [0.1, 0.15) is 6.92 Å². The number of nitrogens with one attached hydrogen (secondary N) is 1. The largest absolute Gasteiger partial charge is 0.495 e. The van der Waals surface area contributed by atoms with E-state index in [1.54, 1.807) is 42.0 Å². The van der Waals surface area contributed by atoms with E-state index in [1.165, 1.54) is 0 Å². The van der Waals surface area contributed by atoms with Gasteiger partial charge in [-0.05, 0) is 55.5 Å². The molecule has 59 heavy (non-hydrogen) atoms. The highest BCUT2D eigenvalue weighted by atomic mass is 35.5. The van der Waals surface area contributed by atoms with Gasteiger partial charge in [-0.1, -0.05) is 29.8 Å². The summed E-state index contributed by atoms with van der Waals surface area (Å²) in [4.78, 5) is 42.7. The zero-order valence-corrected chi connectivity index (χ0v) is 34.7. The Morgan fingerprint density at radius 3 is 1.61 bits per heavy atom. The van der Waals surface area contributed by atoms with Crippen LogP contribution in [0.5, 0.6) is 11.5 Å². The number of methoxy groups -OCH3 is 2. The van der Waals surface area contributed by atoms with Crippen molar-refractivity contribution < 1.29 is 19.1 Å². The van der Waals surface area contributed by atoms with Gasteiger partial charge >= 0.3 is 0 Å².